The Kier molecular flexibility index (Phi) is 1.61. The van der Waals surface area contributed by atoms with E-state index in [-0.39, 0.29) is 17.1 Å². The van der Waals surface area contributed by atoms with E-state index in [2.05, 4.69) is 0 Å². The Morgan fingerprint density at radius 3 is 2.53 bits per heavy atom. The van der Waals surface area contributed by atoms with Crippen LogP contribution in [0.1, 0.15) is 52.6 Å². The molecule has 0 amide bonds. The van der Waals surface area contributed by atoms with Gasteiger partial charge in [-0.3, -0.25) is 4.79 Å². The van der Waals surface area contributed by atoms with Crippen LogP contribution >= 0.6 is 0 Å². The lowest BCUT2D eigenvalue weighted by atomic mass is 9.89. The van der Waals surface area contributed by atoms with Gasteiger partial charge in [0.15, 0.2) is 6.29 Å². The summed E-state index contributed by atoms with van der Waals surface area (Å²) in [6.07, 6.45) is 3.76. The Morgan fingerprint density at radius 2 is 1.87 bits per heavy atom. The van der Waals surface area contributed by atoms with Crippen LogP contribution < -0.4 is 0 Å². The minimum atomic E-state index is 0.0880. The first-order valence-electron chi connectivity index (χ1n) is 5.26. The van der Waals surface area contributed by atoms with Gasteiger partial charge in [-0.15, -0.1) is 0 Å². The third kappa shape index (κ3) is 0.978. The second kappa shape index (κ2) is 2.75. The summed E-state index contributed by atoms with van der Waals surface area (Å²) in [4.78, 5) is 10.7. The van der Waals surface area contributed by atoms with E-state index in [1.165, 1.54) is 6.07 Å². The second-order valence-electron chi connectivity index (χ2n) is 4.49. The van der Waals surface area contributed by atoms with Crippen LogP contribution in [0.5, 0.6) is 11.5 Å². The van der Waals surface area contributed by atoms with E-state index in [0.717, 1.165) is 30.4 Å². The predicted molar refractivity (Wildman–Crippen MR) is 54.5 cm³/mol. The van der Waals surface area contributed by atoms with Crippen molar-refractivity contribution in [3.63, 3.8) is 0 Å². The van der Waals surface area contributed by atoms with Crippen molar-refractivity contribution in [1.82, 2.24) is 0 Å². The lowest BCUT2D eigenvalue weighted by molar-refractivity contribution is 0.112. The Balaban J connectivity index is 2.30. The minimum Gasteiger partial charge on any atom is -0.508 e. The largest absolute Gasteiger partial charge is 0.508 e. The topological polar surface area (TPSA) is 57.5 Å². The number of benzene rings is 1. The van der Waals surface area contributed by atoms with Crippen molar-refractivity contribution in [2.75, 3.05) is 0 Å². The molecule has 1 aromatic carbocycles. The number of aromatic hydroxyl groups is 2. The molecule has 2 N–H and O–H groups in total. The van der Waals surface area contributed by atoms with Crippen molar-refractivity contribution in [1.29, 1.82) is 0 Å². The summed E-state index contributed by atoms with van der Waals surface area (Å²) in [6.45, 7) is 0. The number of rotatable bonds is 1. The van der Waals surface area contributed by atoms with Crippen molar-refractivity contribution in [3.8, 4) is 11.5 Å². The molecular formula is C12H12O3. The van der Waals surface area contributed by atoms with Crippen LogP contribution in [-0.4, -0.2) is 16.5 Å². The molecule has 15 heavy (non-hydrogen) atoms. The zero-order valence-corrected chi connectivity index (χ0v) is 8.23. The Labute approximate surface area is 87.4 Å². The standard InChI is InChI=1S/C12H12O3/c13-5-8-4-9(14)10-6-1-2-7(3-6)11(10)12(8)15/h4-7,14-15H,1-3H2. The number of fused-ring (bicyclic) bond motifs is 5. The van der Waals surface area contributed by atoms with Crippen LogP contribution in [0.2, 0.25) is 0 Å². The Morgan fingerprint density at radius 1 is 1.20 bits per heavy atom. The summed E-state index contributed by atoms with van der Waals surface area (Å²) in [7, 11) is 0. The van der Waals surface area contributed by atoms with Gasteiger partial charge in [-0.25, -0.2) is 0 Å². The number of phenolic OH excluding ortho intramolecular Hbond substituents is 2. The van der Waals surface area contributed by atoms with Gasteiger partial charge in [0.1, 0.15) is 11.5 Å². The van der Waals surface area contributed by atoms with Gasteiger partial charge in [0.2, 0.25) is 0 Å². The second-order valence-corrected chi connectivity index (χ2v) is 4.49. The highest BCUT2D eigenvalue weighted by molar-refractivity contribution is 5.82. The van der Waals surface area contributed by atoms with Crippen molar-refractivity contribution in [2.45, 2.75) is 31.1 Å². The molecule has 2 aliphatic carbocycles. The summed E-state index contributed by atoms with van der Waals surface area (Å²) in [5.41, 5.74) is 1.92. The van der Waals surface area contributed by atoms with Gasteiger partial charge in [0.05, 0.1) is 5.56 Å². The average Bonchev–Trinajstić information content (AvgIpc) is 2.83. The summed E-state index contributed by atoms with van der Waals surface area (Å²) < 4.78 is 0. The van der Waals surface area contributed by atoms with Crippen molar-refractivity contribution in [3.05, 3.63) is 22.8 Å². The third-order valence-corrected chi connectivity index (χ3v) is 3.76. The molecule has 0 saturated heterocycles. The van der Waals surface area contributed by atoms with Crippen molar-refractivity contribution in [2.24, 2.45) is 0 Å². The number of phenols is 2. The Bertz CT molecular complexity index is 451. The number of hydrogen-bond acceptors (Lipinski definition) is 3. The minimum absolute atomic E-state index is 0.0880. The molecule has 3 nitrogen and oxygen atoms in total. The highest BCUT2D eigenvalue weighted by atomic mass is 16.3. The quantitative estimate of drug-likeness (QED) is 0.545. The molecule has 3 rings (SSSR count). The fraction of sp³-hybridized carbons (Fsp3) is 0.417. The molecule has 1 aromatic rings. The van der Waals surface area contributed by atoms with Crippen LogP contribution in [0.4, 0.5) is 0 Å². The third-order valence-electron chi connectivity index (χ3n) is 3.76. The maximum Gasteiger partial charge on any atom is 0.153 e. The monoisotopic (exact) mass is 204 g/mol. The summed E-state index contributed by atoms with van der Waals surface area (Å²) in [5.74, 6) is 0.995. The van der Waals surface area contributed by atoms with Crippen LogP contribution in [0.25, 0.3) is 0 Å². The molecule has 1 saturated carbocycles. The molecule has 2 aliphatic rings. The summed E-state index contributed by atoms with van der Waals surface area (Å²) in [6, 6.07) is 1.38. The van der Waals surface area contributed by atoms with E-state index in [1.54, 1.807) is 0 Å². The zero-order valence-electron chi connectivity index (χ0n) is 8.23. The SMILES string of the molecule is O=Cc1cc(O)c2c(c1O)C1CCC2C1. The molecule has 2 unspecified atom stereocenters. The average molecular weight is 204 g/mol. The molecule has 78 valence electrons. The summed E-state index contributed by atoms with van der Waals surface area (Å²) >= 11 is 0. The predicted octanol–water partition coefficient (Wildman–Crippen LogP) is 2.27. The fourth-order valence-electron chi connectivity index (χ4n) is 3.15. The molecule has 3 heteroatoms. The summed E-state index contributed by atoms with van der Waals surface area (Å²) in [5, 5.41) is 19.7. The van der Waals surface area contributed by atoms with Crippen molar-refractivity contribution < 1.29 is 15.0 Å². The highest BCUT2D eigenvalue weighted by Gasteiger charge is 2.41. The number of carbonyl (C=O) groups is 1. The molecule has 1 fully saturated rings. The van der Waals surface area contributed by atoms with E-state index >= 15 is 0 Å². The van der Waals surface area contributed by atoms with Crippen LogP contribution in [-0.2, 0) is 0 Å². The molecule has 0 radical (unpaired) electrons. The van der Waals surface area contributed by atoms with Gasteiger partial charge in [-0.2, -0.15) is 0 Å². The first-order chi connectivity index (χ1) is 7.22. The highest BCUT2D eigenvalue weighted by Crippen LogP contribution is 2.58. The van der Waals surface area contributed by atoms with E-state index < -0.39 is 0 Å². The maximum absolute atomic E-state index is 10.7. The van der Waals surface area contributed by atoms with Gasteiger partial charge in [-0.05, 0) is 37.2 Å². The zero-order chi connectivity index (χ0) is 10.6. The molecule has 0 aliphatic heterocycles. The van der Waals surface area contributed by atoms with E-state index in [0.29, 0.717) is 18.1 Å². The lowest BCUT2D eigenvalue weighted by Gasteiger charge is -2.18. The maximum atomic E-state index is 10.7. The molecule has 2 bridgehead atoms. The van der Waals surface area contributed by atoms with Gasteiger partial charge < -0.3 is 10.2 Å². The van der Waals surface area contributed by atoms with Crippen LogP contribution in [0.15, 0.2) is 6.07 Å². The first-order valence-corrected chi connectivity index (χ1v) is 5.26. The fourth-order valence-corrected chi connectivity index (χ4v) is 3.15. The molecule has 0 heterocycles. The van der Waals surface area contributed by atoms with Gasteiger partial charge in [0, 0.05) is 11.1 Å². The smallest absolute Gasteiger partial charge is 0.153 e. The Hall–Kier alpha value is -1.51. The van der Waals surface area contributed by atoms with E-state index in [9.17, 15) is 15.0 Å². The first kappa shape index (κ1) is 8.77. The number of aldehydes is 1. The molecular weight excluding hydrogens is 192 g/mol. The van der Waals surface area contributed by atoms with E-state index in [4.69, 9.17) is 0 Å². The van der Waals surface area contributed by atoms with Crippen molar-refractivity contribution >= 4 is 6.29 Å². The van der Waals surface area contributed by atoms with Crippen LogP contribution in [0, 0.1) is 0 Å². The number of hydrogen-bond donors (Lipinski definition) is 2. The molecule has 0 spiro atoms. The van der Waals surface area contributed by atoms with Gasteiger partial charge >= 0.3 is 0 Å². The van der Waals surface area contributed by atoms with Gasteiger partial charge in [0.25, 0.3) is 0 Å². The van der Waals surface area contributed by atoms with Crippen LogP contribution in [0.3, 0.4) is 0 Å². The molecule has 2 atom stereocenters. The number of carbonyl (C=O) groups excluding carboxylic acids is 1. The normalized spacial score (nSPS) is 26.7. The van der Waals surface area contributed by atoms with Gasteiger partial charge in [-0.1, -0.05) is 0 Å². The lowest BCUT2D eigenvalue weighted by Crippen LogP contribution is -2.00. The molecule has 0 aromatic heterocycles. The van der Waals surface area contributed by atoms with E-state index in [1.807, 2.05) is 0 Å².